The number of nitrogens with one attached hydrogen (secondary N) is 1. The third-order valence-electron chi connectivity index (χ3n) is 4.98. The van der Waals surface area contributed by atoms with Crippen LogP contribution in [0.4, 0.5) is 5.69 Å². The average molecular weight is 304 g/mol. The molecule has 1 aromatic carbocycles. The molecule has 0 bridgehead atoms. The number of piperazine rings is 1. The quantitative estimate of drug-likeness (QED) is 0.848. The van der Waals surface area contributed by atoms with E-state index in [-0.39, 0.29) is 0 Å². The Balaban J connectivity index is 1.80. The van der Waals surface area contributed by atoms with E-state index in [1.807, 2.05) is 12.1 Å². The lowest BCUT2D eigenvalue weighted by molar-refractivity contribution is 0.0512. The highest BCUT2D eigenvalue weighted by molar-refractivity contribution is 5.59. The third kappa shape index (κ3) is 3.55. The molecule has 1 N–H and O–H groups in total. The molecular formula is C18H28N2O2. The number of ether oxygens (including phenoxy) is 2. The van der Waals surface area contributed by atoms with Gasteiger partial charge in [-0.05, 0) is 30.9 Å². The van der Waals surface area contributed by atoms with E-state index in [0.29, 0.717) is 12.8 Å². The summed E-state index contributed by atoms with van der Waals surface area (Å²) in [6, 6.07) is 8.96. The molecule has 1 aromatic rings. The van der Waals surface area contributed by atoms with Crippen molar-refractivity contribution in [1.29, 1.82) is 0 Å². The molecular weight excluding hydrogens is 276 g/mol. The van der Waals surface area contributed by atoms with Gasteiger partial charge in [-0.1, -0.05) is 31.4 Å². The van der Waals surface area contributed by atoms with Crippen molar-refractivity contribution in [1.82, 2.24) is 5.32 Å². The highest BCUT2D eigenvalue weighted by Gasteiger charge is 2.32. The van der Waals surface area contributed by atoms with Gasteiger partial charge in [0.15, 0.2) is 6.79 Å². The van der Waals surface area contributed by atoms with E-state index in [2.05, 4.69) is 22.3 Å². The number of rotatable bonds is 5. The van der Waals surface area contributed by atoms with Crippen LogP contribution in [0.15, 0.2) is 24.3 Å². The van der Waals surface area contributed by atoms with Crippen molar-refractivity contribution in [3.63, 3.8) is 0 Å². The molecule has 0 aromatic heterocycles. The molecule has 2 fully saturated rings. The van der Waals surface area contributed by atoms with Crippen LogP contribution in [0.25, 0.3) is 0 Å². The summed E-state index contributed by atoms with van der Waals surface area (Å²) in [5.74, 6) is 1.74. The Morgan fingerprint density at radius 2 is 2.00 bits per heavy atom. The molecule has 1 aliphatic heterocycles. The monoisotopic (exact) mass is 304 g/mol. The Bertz CT molecular complexity index is 460. The first kappa shape index (κ1) is 15.6. The van der Waals surface area contributed by atoms with Crippen LogP contribution in [0.3, 0.4) is 0 Å². The number of hydrogen-bond acceptors (Lipinski definition) is 4. The van der Waals surface area contributed by atoms with E-state index in [0.717, 1.165) is 31.3 Å². The zero-order valence-corrected chi connectivity index (χ0v) is 13.6. The number of anilines is 1. The Kier molecular flexibility index (Phi) is 5.57. The second-order valence-electron chi connectivity index (χ2n) is 6.38. The van der Waals surface area contributed by atoms with Gasteiger partial charge in [-0.15, -0.1) is 0 Å². The first-order chi connectivity index (χ1) is 10.9. The van der Waals surface area contributed by atoms with Crippen LogP contribution >= 0.6 is 0 Å². The van der Waals surface area contributed by atoms with E-state index in [1.165, 1.54) is 37.8 Å². The first-order valence-corrected chi connectivity index (χ1v) is 8.58. The zero-order valence-electron chi connectivity index (χ0n) is 13.6. The van der Waals surface area contributed by atoms with Crippen LogP contribution in [-0.2, 0) is 4.74 Å². The fraction of sp³-hybridized carbons (Fsp3) is 0.667. The van der Waals surface area contributed by atoms with E-state index >= 15 is 0 Å². The molecule has 1 atom stereocenters. The van der Waals surface area contributed by atoms with Crippen molar-refractivity contribution in [2.24, 2.45) is 5.92 Å². The Morgan fingerprint density at radius 1 is 1.18 bits per heavy atom. The van der Waals surface area contributed by atoms with Gasteiger partial charge in [0.25, 0.3) is 0 Å². The van der Waals surface area contributed by atoms with Gasteiger partial charge in [-0.3, -0.25) is 0 Å². The highest BCUT2D eigenvalue weighted by Crippen LogP contribution is 2.36. The molecule has 1 aliphatic carbocycles. The van der Waals surface area contributed by atoms with Crippen molar-refractivity contribution >= 4 is 5.69 Å². The molecule has 1 heterocycles. The smallest absolute Gasteiger partial charge is 0.188 e. The van der Waals surface area contributed by atoms with Gasteiger partial charge >= 0.3 is 0 Å². The molecule has 0 spiro atoms. The minimum atomic E-state index is 0.303. The molecule has 1 unspecified atom stereocenters. The maximum absolute atomic E-state index is 5.79. The molecule has 122 valence electrons. The summed E-state index contributed by atoms with van der Waals surface area (Å²) in [6.07, 6.45) is 6.91. The molecule has 0 amide bonds. The minimum absolute atomic E-state index is 0.303. The average Bonchev–Trinajstić information content (AvgIpc) is 2.61. The second-order valence-corrected chi connectivity index (χ2v) is 6.38. The van der Waals surface area contributed by atoms with E-state index < -0.39 is 0 Å². The van der Waals surface area contributed by atoms with Gasteiger partial charge in [0.2, 0.25) is 0 Å². The minimum Gasteiger partial charge on any atom is -0.465 e. The first-order valence-electron chi connectivity index (χ1n) is 8.58. The van der Waals surface area contributed by atoms with Crippen LogP contribution in [0.2, 0.25) is 0 Å². The van der Waals surface area contributed by atoms with Gasteiger partial charge in [0.1, 0.15) is 5.75 Å². The van der Waals surface area contributed by atoms with E-state index in [4.69, 9.17) is 9.47 Å². The summed E-state index contributed by atoms with van der Waals surface area (Å²) in [5, 5.41) is 3.59. The summed E-state index contributed by atoms with van der Waals surface area (Å²) < 4.78 is 10.9. The molecule has 4 heteroatoms. The lowest BCUT2D eigenvalue weighted by atomic mass is 9.82. The van der Waals surface area contributed by atoms with Crippen molar-refractivity contribution in [3.8, 4) is 5.75 Å². The van der Waals surface area contributed by atoms with E-state index in [9.17, 15) is 0 Å². The van der Waals surface area contributed by atoms with Crippen molar-refractivity contribution < 1.29 is 9.47 Å². The van der Waals surface area contributed by atoms with Crippen molar-refractivity contribution in [2.75, 3.05) is 38.4 Å². The Hall–Kier alpha value is -1.26. The number of methoxy groups -OCH3 is 1. The normalized spacial score (nSPS) is 23.5. The molecule has 4 nitrogen and oxygen atoms in total. The number of benzene rings is 1. The predicted molar refractivity (Wildman–Crippen MR) is 89.5 cm³/mol. The van der Waals surface area contributed by atoms with Gasteiger partial charge in [-0.25, -0.2) is 0 Å². The van der Waals surface area contributed by atoms with Crippen LogP contribution in [0.5, 0.6) is 5.75 Å². The zero-order chi connectivity index (χ0) is 15.2. The van der Waals surface area contributed by atoms with Crippen molar-refractivity contribution in [3.05, 3.63) is 24.3 Å². The van der Waals surface area contributed by atoms with Crippen LogP contribution < -0.4 is 15.0 Å². The largest absolute Gasteiger partial charge is 0.465 e. The SMILES string of the molecule is COCOc1ccccc1N1CCNCC1C1CCCCC1. The maximum Gasteiger partial charge on any atom is 0.188 e. The molecule has 22 heavy (non-hydrogen) atoms. The molecule has 1 saturated heterocycles. The van der Waals surface area contributed by atoms with Gasteiger partial charge in [-0.2, -0.15) is 0 Å². The summed E-state index contributed by atoms with van der Waals surface area (Å²) in [7, 11) is 1.66. The van der Waals surface area contributed by atoms with Gasteiger partial charge < -0.3 is 19.7 Å². The predicted octanol–water partition coefficient (Wildman–Crippen LogP) is 3.03. The Morgan fingerprint density at radius 3 is 2.82 bits per heavy atom. The molecule has 0 radical (unpaired) electrons. The summed E-state index contributed by atoms with van der Waals surface area (Å²) in [6.45, 7) is 3.48. The number of para-hydroxylation sites is 2. The standard InChI is InChI=1S/C18H28N2O2/c1-21-14-22-18-10-6-5-9-16(18)20-12-11-19-13-17(20)15-7-3-2-4-8-15/h5-6,9-10,15,17,19H,2-4,7-8,11-14H2,1H3. The lowest BCUT2D eigenvalue weighted by Gasteiger charge is -2.44. The second kappa shape index (κ2) is 7.84. The maximum atomic E-state index is 5.79. The van der Waals surface area contributed by atoms with Crippen LogP contribution in [-0.4, -0.2) is 39.6 Å². The number of nitrogens with zero attached hydrogens (tertiary/aromatic N) is 1. The topological polar surface area (TPSA) is 33.7 Å². The van der Waals surface area contributed by atoms with Gasteiger partial charge in [0.05, 0.1) is 5.69 Å². The van der Waals surface area contributed by atoms with E-state index in [1.54, 1.807) is 7.11 Å². The number of hydrogen-bond donors (Lipinski definition) is 1. The third-order valence-corrected chi connectivity index (χ3v) is 4.98. The molecule has 2 aliphatic rings. The Labute approximate surface area is 133 Å². The molecule has 3 rings (SSSR count). The summed E-state index contributed by atoms with van der Waals surface area (Å²) >= 11 is 0. The highest BCUT2D eigenvalue weighted by atomic mass is 16.7. The van der Waals surface area contributed by atoms with Crippen LogP contribution in [0.1, 0.15) is 32.1 Å². The van der Waals surface area contributed by atoms with Crippen LogP contribution in [0, 0.1) is 5.92 Å². The fourth-order valence-corrected chi connectivity index (χ4v) is 3.90. The fourth-order valence-electron chi connectivity index (χ4n) is 3.90. The summed E-state index contributed by atoms with van der Waals surface area (Å²) in [4.78, 5) is 2.57. The summed E-state index contributed by atoms with van der Waals surface area (Å²) in [5.41, 5.74) is 1.22. The molecule has 1 saturated carbocycles. The van der Waals surface area contributed by atoms with Gasteiger partial charge in [0, 0.05) is 32.8 Å². The van der Waals surface area contributed by atoms with Crippen molar-refractivity contribution in [2.45, 2.75) is 38.1 Å². The lowest BCUT2D eigenvalue weighted by Crippen LogP contribution is -2.55.